The molecule has 2 aromatic rings. The van der Waals surface area contributed by atoms with Crippen LogP contribution in [0.1, 0.15) is 37.1 Å². The van der Waals surface area contributed by atoms with Gasteiger partial charge in [-0.1, -0.05) is 18.2 Å². The Kier molecular flexibility index (Phi) is 6.65. The lowest BCUT2D eigenvalue weighted by Gasteiger charge is -2.27. The lowest BCUT2D eigenvalue weighted by molar-refractivity contribution is -0.0498. The van der Waals surface area contributed by atoms with E-state index in [1.54, 1.807) is 26.0 Å². The molecule has 2 aromatic carbocycles. The van der Waals surface area contributed by atoms with Gasteiger partial charge in [-0.25, -0.2) is 13.6 Å². The van der Waals surface area contributed by atoms with Crippen molar-refractivity contribution in [2.24, 2.45) is 0 Å². The molecule has 27 heavy (non-hydrogen) atoms. The summed E-state index contributed by atoms with van der Waals surface area (Å²) < 4.78 is 55.1. The number of alkyl halides is 2. The van der Waals surface area contributed by atoms with Gasteiger partial charge >= 0.3 is 12.6 Å². The molecule has 2 unspecified atom stereocenters. The molecule has 146 valence electrons. The maximum absolute atomic E-state index is 13.4. The predicted octanol–water partition coefficient (Wildman–Crippen LogP) is 5.03. The van der Waals surface area contributed by atoms with E-state index >= 15 is 0 Å². The number of carbonyl (C=O) groups excluding carboxylic acids is 1. The molecule has 2 atom stereocenters. The zero-order valence-electron chi connectivity index (χ0n) is 15.0. The molecule has 4 nitrogen and oxygen atoms in total. The Morgan fingerprint density at radius 1 is 1.00 bits per heavy atom. The number of nitrogens with one attached hydrogen (secondary N) is 1. The average molecular weight is 384 g/mol. The predicted molar refractivity (Wildman–Crippen MR) is 92.6 cm³/mol. The van der Waals surface area contributed by atoms with Gasteiger partial charge in [0.1, 0.15) is 5.75 Å². The van der Waals surface area contributed by atoms with Crippen LogP contribution in [0.5, 0.6) is 5.75 Å². The van der Waals surface area contributed by atoms with Crippen molar-refractivity contribution in [2.45, 2.75) is 32.5 Å². The van der Waals surface area contributed by atoms with Crippen LogP contribution in [0.4, 0.5) is 22.4 Å². The van der Waals surface area contributed by atoms with Crippen LogP contribution in [0.2, 0.25) is 0 Å². The van der Waals surface area contributed by atoms with Crippen LogP contribution in [-0.2, 0) is 0 Å². The van der Waals surface area contributed by atoms with Crippen molar-refractivity contribution in [3.05, 3.63) is 65.2 Å². The van der Waals surface area contributed by atoms with E-state index in [9.17, 15) is 22.4 Å². The minimum absolute atomic E-state index is 0.0244. The third-order valence-corrected chi connectivity index (χ3v) is 4.27. The Bertz CT molecular complexity index is 784. The van der Waals surface area contributed by atoms with Crippen molar-refractivity contribution in [1.29, 1.82) is 0 Å². The number of rotatable bonds is 6. The van der Waals surface area contributed by atoms with Gasteiger partial charge in [0.15, 0.2) is 11.6 Å². The standard InChI is InChI=1S/C19H20F4N2O2/c1-11(13-4-7-15(8-5-13)27-18(22)23)24-19(26)25(3)12(2)14-6-9-16(20)17(21)10-14/h4-12,18H,1-3H3,(H,24,26). The summed E-state index contributed by atoms with van der Waals surface area (Å²) in [5.41, 5.74) is 1.14. The van der Waals surface area contributed by atoms with Crippen molar-refractivity contribution in [3.63, 3.8) is 0 Å². The van der Waals surface area contributed by atoms with Crippen molar-refractivity contribution in [2.75, 3.05) is 7.05 Å². The lowest BCUT2D eigenvalue weighted by atomic mass is 10.1. The largest absolute Gasteiger partial charge is 0.435 e. The summed E-state index contributed by atoms with van der Waals surface area (Å²) in [7, 11) is 1.54. The summed E-state index contributed by atoms with van der Waals surface area (Å²) in [5, 5.41) is 2.76. The minimum atomic E-state index is -2.90. The first kappa shape index (κ1) is 20.5. The van der Waals surface area contributed by atoms with Crippen molar-refractivity contribution in [3.8, 4) is 5.75 Å². The number of nitrogens with zero attached hydrogens (tertiary/aromatic N) is 1. The third kappa shape index (κ3) is 5.35. The second-order valence-electron chi connectivity index (χ2n) is 6.08. The highest BCUT2D eigenvalue weighted by Gasteiger charge is 2.20. The van der Waals surface area contributed by atoms with Crippen LogP contribution in [0, 0.1) is 11.6 Å². The molecule has 0 fully saturated rings. The van der Waals surface area contributed by atoms with Crippen LogP contribution in [0.3, 0.4) is 0 Å². The monoisotopic (exact) mass is 384 g/mol. The lowest BCUT2D eigenvalue weighted by Crippen LogP contribution is -2.40. The topological polar surface area (TPSA) is 41.6 Å². The molecule has 2 rings (SSSR count). The van der Waals surface area contributed by atoms with Gasteiger partial charge in [0.2, 0.25) is 0 Å². The minimum Gasteiger partial charge on any atom is -0.435 e. The van der Waals surface area contributed by atoms with Gasteiger partial charge in [0.25, 0.3) is 0 Å². The molecule has 0 aromatic heterocycles. The van der Waals surface area contributed by atoms with Gasteiger partial charge in [-0.2, -0.15) is 8.78 Å². The molecule has 2 amide bonds. The highest BCUT2D eigenvalue weighted by molar-refractivity contribution is 5.75. The molecule has 0 bridgehead atoms. The quantitative estimate of drug-likeness (QED) is 0.710. The molecule has 0 spiro atoms. The van der Waals surface area contributed by atoms with E-state index in [0.29, 0.717) is 11.1 Å². The smallest absolute Gasteiger partial charge is 0.387 e. The molecule has 0 aliphatic carbocycles. The number of hydrogen-bond donors (Lipinski definition) is 1. The molecule has 1 N–H and O–H groups in total. The zero-order valence-corrected chi connectivity index (χ0v) is 15.0. The van der Waals surface area contributed by atoms with Crippen LogP contribution < -0.4 is 10.1 Å². The van der Waals surface area contributed by atoms with Crippen LogP contribution in [0.15, 0.2) is 42.5 Å². The summed E-state index contributed by atoms with van der Waals surface area (Å²) in [6, 6.07) is 8.07. The average Bonchev–Trinajstić information content (AvgIpc) is 2.62. The summed E-state index contributed by atoms with van der Waals surface area (Å²) in [4.78, 5) is 13.8. The molecule has 0 aliphatic heterocycles. The number of carbonyl (C=O) groups is 1. The first-order valence-corrected chi connectivity index (χ1v) is 8.22. The second kappa shape index (κ2) is 8.75. The maximum Gasteiger partial charge on any atom is 0.387 e. The maximum atomic E-state index is 13.4. The van der Waals surface area contributed by atoms with E-state index in [1.807, 2.05) is 0 Å². The second-order valence-corrected chi connectivity index (χ2v) is 6.08. The van der Waals surface area contributed by atoms with Gasteiger partial charge < -0.3 is 15.0 Å². The fraction of sp³-hybridized carbons (Fsp3) is 0.316. The van der Waals surface area contributed by atoms with Crippen molar-refractivity contribution < 1.29 is 27.1 Å². The fourth-order valence-electron chi connectivity index (χ4n) is 2.48. The molecule has 0 heterocycles. The Hall–Kier alpha value is -2.77. The van der Waals surface area contributed by atoms with Gasteiger partial charge in [-0.15, -0.1) is 0 Å². The highest BCUT2D eigenvalue weighted by Crippen LogP contribution is 2.23. The summed E-state index contributed by atoms with van der Waals surface area (Å²) in [5.74, 6) is -1.91. The van der Waals surface area contributed by atoms with E-state index in [4.69, 9.17) is 0 Å². The Morgan fingerprint density at radius 2 is 1.59 bits per heavy atom. The van der Waals surface area contributed by atoms with Crippen LogP contribution >= 0.6 is 0 Å². The van der Waals surface area contributed by atoms with Crippen molar-refractivity contribution >= 4 is 6.03 Å². The Labute approximate surface area is 154 Å². The van der Waals surface area contributed by atoms with E-state index in [-0.39, 0.29) is 5.75 Å². The van der Waals surface area contributed by atoms with Gasteiger partial charge in [-0.3, -0.25) is 0 Å². The number of ether oxygens (including phenoxy) is 1. The normalized spacial score (nSPS) is 13.2. The summed E-state index contributed by atoms with van der Waals surface area (Å²) in [6.07, 6.45) is 0. The van der Waals surface area contributed by atoms with Gasteiger partial charge in [0, 0.05) is 7.05 Å². The van der Waals surface area contributed by atoms with E-state index in [2.05, 4.69) is 10.1 Å². The molecule has 0 aliphatic rings. The van der Waals surface area contributed by atoms with Crippen LogP contribution in [-0.4, -0.2) is 24.6 Å². The fourth-order valence-corrected chi connectivity index (χ4v) is 2.48. The first-order chi connectivity index (χ1) is 12.7. The van der Waals surface area contributed by atoms with Gasteiger partial charge in [0.05, 0.1) is 12.1 Å². The number of urea groups is 1. The summed E-state index contributed by atoms with van der Waals surface area (Å²) in [6.45, 7) is 0.518. The van der Waals surface area contributed by atoms with Gasteiger partial charge in [-0.05, 0) is 49.2 Å². The molecule has 0 saturated carbocycles. The molecular weight excluding hydrogens is 364 g/mol. The zero-order chi connectivity index (χ0) is 20.1. The number of halogens is 4. The van der Waals surface area contributed by atoms with E-state index in [0.717, 1.165) is 12.1 Å². The Balaban J connectivity index is 2.01. The Morgan fingerprint density at radius 3 is 2.15 bits per heavy atom. The number of benzene rings is 2. The summed E-state index contributed by atoms with van der Waals surface area (Å²) >= 11 is 0. The van der Waals surface area contributed by atoms with E-state index in [1.165, 1.54) is 30.1 Å². The van der Waals surface area contributed by atoms with Crippen molar-refractivity contribution in [1.82, 2.24) is 10.2 Å². The number of amides is 2. The molecule has 0 saturated heterocycles. The third-order valence-electron chi connectivity index (χ3n) is 4.27. The molecular formula is C19H20F4N2O2. The highest BCUT2D eigenvalue weighted by atomic mass is 19.3. The molecule has 8 heteroatoms. The molecule has 0 radical (unpaired) electrons. The SMILES string of the molecule is CC(NC(=O)N(C)C(C)c1ccc(F)c(F)c1)c1ccc(OC(F)F)cc1. The van der Waals surface area contributed by atoms with E-state index < -0.39 is 36.4 Å². The first-order valence-electron chi connectivity index (χ1n) is 8.22. The number of hydrogen-bond acceptors (Lipinski definition) is 2. The van der Waals surface area contributed by atoms with Crippen LogP contribution in [0.25, 0.3) is 0 Å².